The highest BCUT2D eigenvalue weighted by atomic mass is 16.5. The maximum atomic E-state index is 13.6. The number of fused-ring (bicyclic) bond motifs is 3. The first-order chi connectivity index (χ1) is 24.4. The molecule has 0 unspecified atom stereocenters. The van der Waals surface area contributed by atoms with Gasteiger partial charge in [-0.25, -0.2) is 0 Å². The summed E-state index contributed by atoms with van der Waals surface area (Å²) in [6, 6.07) is 10.6. The number of H-pyrrole nitrogens is 1. The number of aromatic amines is 1. The third-order valence-corrected chi connectivity index (χ3v) is 8.31. The van der Waals surface area contributed by atoms with Gasteiger partial charge in [-0.05, 0) is 68.1 Å². The van der Waals surface area contributed by atoms with Gasteiger partial charge in [0.05, 0.1) is 39.0 Å². The monoisotopic (exact) mass is 706 g/mol. The number of rotatable bonds is 5. The molecule has 1 aromatic heterocycles. The molecule has 1 aliphatic heterocycles. The van der Waals surface area contributed by atoms with Gasteiger partial charge in [0.15, 0.2) is 11.5 Å². The molecule has 15 heteroatoms. The van der Waals surface area contributed by atoms with E-state index in [4.69, 9.17) is 14.2 Å². The molecular formula is C36H46N6O9. The van der Waals surface area contributed by atoms with E-state index in [2.05, 4.69) is 26.3 Å². The number of aromatic nitrogens is 1. The van der Waals surface area contributed by atoms with Gasteiger partial charge in [-0.1, -0.05) is 19.9 Å². The van der Waals surface area contributed by atoms with Crippen molar-refractivity contribution in [3.8, 4) is 23.0 Å². The standard InChI is InChI=1S/C36H46N6O9/c1-21(2)31-34(46)39-19-24-26(49-4)11-8-12-27(24)51-29-18-23(13-14-28(29)50-5)33(45)38-15-6-7-17-42(36(48)25-10-9-16-37-25)20-30(44)40-32(22(3)43)35(47)41-31/h8-14,16,18,21-22,31-32,37,43H,6-7,15,17,19-20H2,1-5H3,(H,38,45)(H,39,46)(H,40,44)(H,41,47)/t22-,31-,32+/m1/s1. The molecule has 2 heterocycles. The lowest BCUT2D eigenvalue weighted by atomic mass is 10.0. The fourth-order valence-corrected chi connectivity index (χ4v) is 5.50. The second kappa shape index (κ2) is 17.9. The smallest absolute Gasteiger partial charge is 0.270 e. The molecule has 0 aliphatic carbocycles. The van der Waals surface area contributed by atoms with E-state index in [-0.39, 0.29) is 37.0 Å². The number of methoxy groups -OCH3 is 2. The zero-order chi connectivity index (χ0) is 37.1. The van der Waals surface area contributed by atoms with Crippen LogP contribution in [0.2, 0.25) is 0 Å². The first kappa shape index (κ1) is 38.2. The van der Waals surface area contributed by atoms with Crippen LogP contribution in [0.3, 0.4) is 0 Å². The van der Waals surface area contributed by atoms with Gasteiger partial charge in [0, 0.05) is 24.8 Å². The van der Waals surface area contributed by atoms with Gasteiger partial charge >= 0.3 is 0 Å². The lowest BCUT2D eigenvalue weighted by molar-refractivity contribution is -0.135. The number of carbonyl (C=O) groups excluding carboxylic acids is 5. The number of carbonyl (C=O) groups is 5. The molecule has 6 N–H and O–H groups in total. The fourth-order valence-electron chi connectivity index (χ4n) is 5.50. The van der Waals surface area contributed by atoms with E-state index in [9.17, 15) is 29.1 Å². The Morgan fingerprint density at radius 2 is 1.65 bits per heavy atom. The molecule has 0 spiro atoms. The van der Waals surface area contributed by atoms with Crippen molar-refractivity contribution in [3.63, 3.8) is 0 Å². The minimum absolute atomic E-state index is 0.0684. The van der Waals surface area contributed by atoms with Gasteiger partial charge < -0.3 is 50.5 Å². The Bertz CT molecular complexity index is 1690. The van der Waals surface area contributed by atoms with E-state index >= 15 is 0 Å². The second-order valence-corrected chi connectivity index (χ2v) is 12.4. The van der Waals surface area contributed by atoms with Gasteiger partial charge in [-0.2, -0.15) is 0 Å². The van der Waals surface area contributed by atoms with Crippen molar-refractivity contribution in [2.75, 3.05) is 33.9 Å². The zero-order valence-electron chi connectivity index (χ0n) is 29.4. The Hall–Kier alpha value is -5.57. The summed E-state index contributed by atoms with van der Waals surface area (Å²) in [5.41, 5.74) is 1.05. The molecular weight excluding hydrogens is 660 g/mol. The summed E-state index contributed by atoms with van der Waals surface area (Å²) in [5, 5.41) is 21.4. The summed E-state index contributed by atoms with van der Waals surface area (Å²) in [6.45, 7) is 4.77. The summed E-state index contributed by atoms with van der Waals surface area (Å²) >= 11 is 0. The lowest BCUT2D eigenvalue weighted by Crippen LogP contribution is -2.59. The third kappa shape index (κ3) is 10.0. The van der Waals surface area contributed by atoms with E-state index in [1.165, 1.54) is 26.0 Å². The minimum atomic E-state index is -1.43. The van der Waals surface area contributed by atoms with Crippen molar-refractivity contribution < 1.29 is 43.3 Å². The van der Waals surface area contributed by atoms with Crippen molar-refractivity contribution in [2.24, 2.45) is 5.92 Å². The van der Waals surface area contributed by atoms with Gasteiger partial charge in [-0.15, -0.1) is 0 Å². The molecule has 0 saturated carbocycles. The largest absolute Gasteiger partial charge is 0.496 e. The quantitative estimate of drug-likeness (QED) is 0.230. The Balaban J connectivity index is 1.68. The average Bonchev–Trinajstić information content (AvgIpc) is 3.65. The minimum Gasteiger partial charge on any atom is -0.496 e. The van der Waals surface area contributed by atoms with Crippen LogP contribution in [-0.2, 0) is 20.9 Å². The molecule has 15 nitrogen and oxygen atoms in total. The molecule has 0 saturated heterocycles. The molecule has 4 rings (SSSR count). The number of benzene rings is 2. The Morgan fingerprint density at radius 1 is 0.882 bits per heavy atom. The van der Waals surface area contributed by atoms with Gasteiger partial charge in [-0.3, -0.25) is 24.0 Å². The number of amides is 5. The van der Waals surface area contributed by atoms with Crippen molar-refractivity contribution >= 4 is 29.5 Å². The number of aliphatic hydroxyl groups is 1. The van der Waals surface area contributed by atoms with Crippen molar-refractivity contribution in [1.82, 2.24) is 31.2 Å². The highest BCUT2D eigenvalue weighted by Gasteiger charge is 2.32. The Labute approximate surface area is 296 Å². The van der Waals surface area contributed by atoms with E-state index in [1.807, 2.05) is 0 Å². The Morgan fingerprint density at radius 3 is 2.31 bits per heavy atom. The predicted octanol–water partition coefficient (Wildman–Crippen LogP) is 2.11. The van der Waals surface area contributed by atoms with Gasteiger partial charge in [0.1, 0.15) is 29.3 Å². The maximum Gasteiger partial charge on any atom is 0.270 e. The van der Waals surface area contributed by atoms with Crippen molar-refractivity contribution in [3.05, 3.63) is 71.5 Å². The van der Waals surface area contributed by atoms with Crippen molar-refractivity contribution in [1.29, 1.82) is 0 Å². The van der Waals surface area contributed by atoms with Crippen LogP contribution < -0.4 is 35.5 Å². The number of aliphatic hydroxyl groups excluding tert-OH is 1. The van der Waals surface area contributed by atoms with Crippen LogP contribution in [-0.4, -0.2) is 96.6 Å². The molecule has 2 bridgehead atoms. The molecule has 51 heavy (non-hydrogen) atoms. The topological polar surface area (TPSA) is 200 Å². The molecule has 3 aromatic rings. The predicted molar refractivity (Wildman–Crippen MR) is 187 cm³/mol. The SMILES string of the molecule is COc1ccc2cc1Oc1cccc(OC)c1CNC(=O)[C@@H](C(C)C)NC(=O)[C@H]([C@@H](C)O)NC(=O)CN(C(=O)c1ccc[nH]1)CCCCNC2=O. The number of ether oxygens (including phenoxy) is 3. The van der Waals surface area contributed by atoms with Gasteiger partial charge in [0.2, 0.25) is 17.7 Å². The van der Waals surface area contributed by atoms with Crippen LogP contribution in [0.15, 0.2) is 54.7 Å². The van der Waals surface area contributed by atoms with Crippen LogP contribution in [0.25, 0.3) is 0 Å². The number of hydrogen-bond donors (Lipinski definition) is 6. The third-order valence-electron chi connectivity index (χ3n) is 8.31. The van der Waals surface area contributed by atoms with Crippen LogP contribution in [0.5, 0.6) is 23.0 Å². The lowest BCUT2D eigenvalue weighted by Gasteiger charge is -2.28. The summed E-state index contributed by atoms with van der Waals surface area (Å²) in [5.74, 6) is -1.86. The first-order valence-corrected chi connectivity index (χ1v) is 16.7. The molecule has 3 atom stereocenters. The molecule has 0 radical (unpaired) electrons. The average molecular weight is 707 g/mol. The fraction of sp³-hybridized carbons (Fsp3) is 0.417. The Kier molecular flexibility index (Phi) is 13.4. The van der Waals surface area contributed by atoms with E-state index < -0.39 is 54.3 Å². The number of nitrogens with one attached hydrogen (secondary N) is 5. The molecule has 0 fully saturated rings. The van der Waals surface area contributed by atoms with E-state index in [0.717, 1.165) is 0 Å². The molecule has 1 aliphatic rings. The number of hydrogen-bond acceptors (Lipinski definition) is 9. The maximum absolute atomic E-state index is 13.6. The highest BCUT2D eigenvalue weighted by Crippen LogP contribution is 2.37. The normalized spacial score (nSPS) is 19.0. The summed E-state index contributed by atoms with van der Waals surface area (Å²) in [4.78, 5) is 70.9. The van der Waals surface area contributed by atoms with Crippen LogP contribution in [0, 0.1) is 5.92 Å². The van der Waals surface area contributed by atoms with E-state index in [0.29, 0.717) is 41.2 Å². The number of nitrogens with zero attached hydrogens (tertiary/aromatic N) is 1. The van der Waals surface area contributed by atoms with Gasteiger partial charge in [0.25, 0.3) is 11.8 Å². The molecule has 2 aromatic carbocycles. The van der Waals surface area contributed by atoms with Crippen LogP contribution in [0.4, 0.5) is 0 Å². The van der Waals surface area contributed by atoms with E-state index in [1.54, 1.807) is 68.6 Å². The second-order valence-electron chi connectivity index (χ2n) is 12.4. The zero-order valence-corrected chi connectivity index (χ0v) is 29.4. The molecule has 5 amide bonds. The van der Waals surface area contributed by atoms with Crippen LogP contribution in [0.1, 0.15) is 60.0 Å². The first-order valence-electron chi connectivity index (χ1n) is 16.7. The summed E-state index contributed by atoms with van der Waals surface area (Å²) in [7, 11) is 2.95. The van der Waals surface area contributed by atoms with Crippen molar-refractivity contribution in [2.45, 2.75) is 58.3 Å². The highest BCUT2D eigenvalue weighted by molar-refractivity contribution is 5.97. The summed E-state index contributed by atoms with van der Waals surface area (Å²) in [6.07, 6.45) is 1.16. The van der Waals surface area contributed by atoms with Crippen LogP contribution >= 0.6 is 0 Å². The summed E-state index contributed by atoms with van der Waals surface area (Å²) < 4.78 is 17.3. The molecule has 274 valence electrons.